The molecule has 1 fully saturated rings. The standard InChI is InChI=1S/C14H14F3NO4/c1-18-11(19)7-22-10(12(18)13(20)21)6-8-3-2-4-9(5-8)14(15,16)17/h2-5,10,12H,6-7H2,1H3,(H,20,21). The topological polar surface area (TPSA) is 66.8 Å². The second-order valence-electron chi connectivity index (χ2n) is 5.04. The number of rotatable bonds is 3. The molecule has 2 rings (SSSR count). The minimum Gasteiger partial charge on any atom is -0.480 e. The largest absolute Gasteiger partial charge is 0.480 e. The molecule has 22 heavy (non-hydrogen) atoms. The first-order valence-electron chi connectivity index (χ1n) is 6.46. The van der Waals surface area contributed by atoms with E-state index in [1.165, 1.54) is 19.2 Å². The number of carbonyl (C=O) groups excluding carboxylic acids is 1. The van der Waals surface area contributed by atoms with Gasteiger partial charge in [0.05, 0.1) is 11.7 Å². The Kier molecular flexibility index (Phi) is 4.41. The van der Waals surface area contributed by atoms with E-state index < -0.39 is 35.8 Å². The molecule has 1 aliphatic heterocycles. The number of ether oxygens (including phenoxy) is 1. The number of amides is 1. The molecule has 1 amide bonds. The first-order valence-corrected chi connectivity index (χ1v) is 6.46. The lowest BCUT2D eigenvalue weighted by molar-refractivity contribution is -0.169. The second kappa shape index (κ2) is 5.96. The smallest absolute Gasteiger partial charge is 0.416 e. The molecular formula is C14H14F3NO4. The van der Waals surface area contributed by atoms with Crippen LogP contribution in [0.4, 0.5) is 13.2 Å². The zero-order valence-corrected chi connectivity index (χ0v) is 11.6. The summed E-state index contributed by atoms with van der Waals surface area (Å²) in [5, 5.41) is 9.20. The summed E-state index contributed by atoms with van der Waals surface area (Å²) in [6, 6.07) is 3.39. The fourth-order valence-electron chi connectivity index (χ4n) is 2.38. The van der Waals surface area contributed by atoms with Gasteiger partial charge in [-0.15, -0.1) is 0 Å². The maximum atomic E-state index is 12.7. The molecule has 1 heterocycles. The predicted molar refractivity (Wildman–Crippen MR) is 69.1 cm³/mol. The minimum absolute atomic E-state index is 0.0293. The van der Waals surface area contributed by atoms with E-state index in [1.54, 1.807) is 0 Å². The van der Waals surface area contributed by atoms with Gasteiger partial charge in [-0.2, -0.15) is 13.2 Å². The fourth-order valence-corrected chi connectivity index (χ4v) is 2.38. The SMILES string of the molecule is CN1C(=O)COC(Cc2cccc(C(F)(F)F)c2)C1C(=O)O. The third-order valence-electron chi connectivity index (χ3n) is 3.53. The Morgan fingerprint density at radius 2 is 2.14 bits per heavy atom. The van der Waals surface area contributed by atoms with Crippen molar-refractivity contribution in [3.8, 4) is 0 Å². The van der Waals surface area contributed by atoms with Crippen LogP contribution >= 0.6 is 0 Å². The number of carboxylic acid groups (broad SMARTS) is 1. The fraction of sp³-hybridized carbons (Fsp3) is 0.429. The van der Waals surface area contributed by atoms with Crippen molar-refractivity contribution < 1.29 is 32.6 Å². The quantitative estimate of drug-likeness (QED) is 0.919. The molecule has 0 spiro atoms. The maximum Gasteiger partial charge on any atom is 0.416 e. The summed E-state index contributed by atoms with van der Waals surface area (Å²) in [4.78, 5) is 23.8. The lowest BCUT2D eigenvalue weighted by Gasteiger charge is -2.36. The molecule has 0 aromatic heterocycles. The van der Waals surface area contributed by atoms with Crippen LogP contribution in [0.15, 0.2) is 24.3 Å². The summed E-state index contributed by atoms with van der Waals surface area (Å²) in [7, 11) is 1.34. The van der Waals surface area contributed by atoms with Gasteiger partial charge < -0.3 is 14.7 Å². The minimum atomic E-state index is -4.47. The number of nitrogens with zero attached hydrogens (tertiary/aromatic N) is 1. The van der Waals surface area contributed by atoms with Gasteiger partial charge in [0.1, 0.15) is 6.61 Å². The van der Waals surface area contributed by atoms with Crippen molar-refractivity contribution in [2.75, 3.05) is 13.7 Å². The van der Waals surface area contributed by atoms with E-state index in [2.05, 4.69) is 0 Å². The number of alkyl halides is 3. The number of morpholine rings is 1. The highest BCUT2D eigenvalue weighted by Crippen LogP contribution is 2.30. The third kappa shape index (κ3) is 3.38. The van der Waals surface area contributed by atoms with Crippen LogP contribution in [0.2, 0.25) is 0 Å². The molecule has 0 radical (unpaired) electrons. The van der Waals surface area contributed by atoms with Crippen molar-refractivity contribution >= 4 is 11.9 Å². The van der Waals surface area contributed by atoms with E-state index in [-0.39, 0.29) is 13.0 Å². The van der Waals surface area contributed by atoms with Gasteiger partial charge in [0, 0.05) is 13.5 Å². The number of aliphatic carboxylic acids is 1. The normalized spacial score (nSPS) is 22.7. The maximum absolute atomic E-state index is 12.7. The molecule has 2 atom stereocenters. The zero-order chi connectivity index (χ0) is 16.5. The van der Waals surface area contributed by atoms with Gasteiger partial charge in [0.2, 0.25) is 5.91 Å². The number of hydrogen-bond donors (Lipinski definition) is 1. The second-order valence-corrected chi connectivity index (χ2v) is 5.04. The summed E-state index contributed by atoms with van der Waals surface area (Å²) in [6.07, 6.45) is -5.40. The van der Waals surface area contributed by atoms with Crippen LogP contribution in [-0.4, -0.2) is 47.7 Å². The molecule has 2 unspecified atom stereocenters. The summed E-state index contributed by atoms with van der Waals surface area (Å²) >= 11 is 0. The Labute approximate surface area is 124 Å². The first-order chi connectivity index (χ1) is 10.2. The van der Waals surface area contributed by atoms with Crippen molar-refractivity contribution in [1.29, 1.82) is 0 Å². The van der Waals surface area contributed by atoms with E-state index in [9.17, 15) is 27.9 Å². The van der Waals surface area contributed by atoms with Crippen molar-refractivity contribution in [1.82, 2.24) is 4.90 Å². The van der Waals surface area contributed by atoms with E-state index >= 15 is 0 Å². The average Bonchev–Trinajstić information content (AvgIpc) is 2.42. The number of carboxylic acids is 1. The van der Waals surface area contributed by atoms with E-state index in [1.807, 2.05) is 0 Å². The van der Waals surface area contributed by atoms with Crippen molar-refractivity contribution in [2.24, 2.45) is 0 Å². The van der Waals surface area contributed by atoms with E-state index in [0.29, 0.717) is 5.56 Å². The van der Waals surface area contributed by atoms with Gasteiger partial charge in [-0.25, -0.2) is 4.79 Å². The van der Waals surface area contributed by atoms with Crippen LogP contribution in [0.25, 0.3) is 0 Å². The van der Waals surface area contributed by atoms with Crippen LogP contribution in [-0.2, 0) is 26.9 Å². The summed E-state index contributed by atoms with van der Waals surface area (Å²) < 4.78 is 43.3. The van der Waals surface area contributed by atoms with Gasteiger partial charge in [-0.1, -0.05) is 18.2 Å². The monoisotopic (exact) mass is 317 g/mol. The van der Waals surface area contributed by atoms with Gasteiger partial charge in [0.15, 0.2) is 6.04 Å². The highest BCUT2D eigenvalue weighted by atomic mass is 19.4. The van der Waals surface area contributed by atoms with Gasteiger partial charge in [0.25, 0.3) is 0 Å². The summed E-state index contributed by atoms with van der Waals surface area (Å²) in [5.41, 5.74) is -0.508. The molecule has 120 valence electrons. The molecule has 1 N–H and O–H groups in total. The van der Waals surface area contributed by atoms with Crippen LogP contribution in [0.3, 0.4) is 0 Å². The third-order valence-corrected chi connectivity index (χ3v) is 3.53. The van der Waals surface area contributed by atoms with Crippen molar-refractivity contribution in [2.45, 2.75) is 24.7 Å². The molecule has 0 bridgehead atoms. The molecule has 8 heteroatoms. The molecule has 0 saturated carbocycles. The Balaban J connectivity index is 2.22. The molecule has 1 saturated heterocycles. The Morgan fingerprint density at radius 3 is 2.73 bits per heavy atom. The molecule has 1 aliphatic rings. The highest BCUT2D eigenvalue weighted by Gasteiger charge is 2.39. The Hall–Kier alpha value is -2.09. The molecular weight excluding hydrogens is 303 g/mol. The molecule has 1 aromatic rings. The van der Waals surface area contributed by atoms with Gasteiger partial charge in [-0.05, 0) is 11.6 Å². The van der Waals surface area contributed by atoms with Gasteiger partial charge in [-0.3, -0.25) is 4.79 Å². The Morgan fingerprint density at radius 1 is 1.45 bits per heavy atom. The van der Waals surface area contributed by atoms with Crippen LogP contribution in [0.5, 0.6) is 0 Å². The van der Waals surface area contributed by atoms with E-state index in [0.717, 1.165) is 17.0 Å². The zero-order valence-electron chi connectivity index (χ0n) is 11.6. The molecule has 5 nitrogen and oxygen atoms in total. The number of halogens is 3. The first kappa shape index (κ1) is 16.3. The van der Waals surface area contributed by atoms with E-state index in [4.69, 9.17) is 4.74 Å². The van der Waals surface area contributed by atoms with Gasteiger partial charge >= 0.3 is 12.1 Å². The lowest BCUT2D eigenvalue weighted by Crippen LogP contribution is -2.57. The Bertz CT molecular complexity index is 588. The predicted octanol–water partition coefficient (Wildman–Crippen LogP) is 1.56. The number of carbonyl (C=O) groups is 2. The number of likely N-dealkylation sites (N-methyl/N-ethyl adjacent to an activating group) is 1. The highest BCUT2D eigenvalue weighted by molar-refractivity contribution is 5.85. The average molecular weight is 317 g/mol. The van der Waals surface area contributed by atoms with Crippen LogP contribution in [0, 0.1) is 0 Å². The van der Waals surface area contributed by atoms with Crippen LogP contribution in [0.1, 0.15) is 11.1 Å². The van der Waals surface area contributed by atoms with Crippen LogP contribution < -0.4 is 0 Å². The summed E-state index contributed by atoms with van der Waals surface area (Å²) in [6.45, 7) is -0.288. The number of benzene rings is 1. The molecule has 0 aliphatic carbocycles. The molecule has 1 aromatic carbocycles. The summed E-state index contributed by atoms with van der Waals surface area (Å²) in [5.74, 6) is -1.74. The van der Waals surface area contributed by atoms with Crippen molar-refractivity contribution in [3.63, 3.8) is 0 Å². The lowest BCUT2D eigenvalue weighted by atomic mass is 9.98. The number of hydrogen-bond acceptors (Lipinski definition) is 3. The van der Waals surface area contributed by atoms with Crippen molar-refractivity contribution in [3.05, 3.63) is 35.4 Å².